The molecule has 158 valence electrons. The van der Waals surface area contributed by atoms with Gasteiger partial charge in [-0.2, -0.15) is 13.2 Å². The Hall–Kier alpha value is -2.46. The number of carbonyl (C=O) groups excluding carboxylic acids is 3. The highest BCUT2D eigenvalue weighted by atomic mass is 19.4. The number of halogens is 3. The maximum Gasteiger partial charge on any atom is 0.401 e. The molecule has 1 unspecified atom stereocenters. The predicted molar refractivity (Wildman–Crippen MR) is 97.5 cm³/mol. The molecule has 0 bridgehead atoms. The molecule has 1 saturated heterocycles. The number of alkyl halides is 3. The van der Waals surface area contributed by atoms with E-state index in [9.17, 15) is 27.6 Å². The van der Waals surface area contributed by atoms with Crippen molar-refractivity contribution in [3.8, 4) is 0 Å². The summed E-state index contributed by atoms with van der Waals surface area (Å²) in [5.74, 6) is -1.17. The molecule has 2 aliphatic rings. The van der Waals surface area contributed by atoms with Gasteiger partial charge in [0.2, 0.25) is 11.8 Å². The maximum absolute atomic E-state index is 12.8. The summed E-state index contributed by atoms with van der Waals surface area (Å²) in [6.45, 7) is -0.246. The van der Waals surface area contributed by atoms with Gasteiger partial charge in [-0.3, -0.25) is 24.6 Å². The lowest BCUT2D eigenvalue weighted by Gasteiger charge is -2.29. The number of carbonyl (C=O) groups is 3. The van der Waals surface area contributed by atoms with Crippen molar-refractivity contribution in [2.24, 2.45) is 5.73 Å². The molecule has 3 N–H and O–H groups in total. The van der Waals surface area contributed by atoms with Crippen molar-refractivity contribution < 1.29 is 27.6 Å². The molecule has 10 heteroatoms. The molecule has 3 rings (SSSR count). The predicted octanol–water partition coefficient (Wildman–Crippen LogP) is 1.16. The molecule has 3 amide bonds. The number of hydrogen-bond donors (Lipinski definition) is 2. The molecule has 0 aromatic heterocycles. The van der Waals surface area contributed by atoms with Crippen LogP contribution in [0.2, 0.25) is 0 Å². The van der Waals surface area contributed by atoms with Gasteiger partial charge in [0.1, 0.15) is 6.04 Å². The number of fused-ring (bicyclic) bond motifs is 1. The molecule has 7 nitrogen and oxygen atoms in total. The first-order valence-corrected chi connectivity index (χ1v) is 9.43. The average molecular weight is 412 g/mol. The van der Waals surface area contributed by atoms with Gasteiger partial charge in [-0.1, -0.05) is 12.1 Å². The molecule has 0 radical (unpaired) electrons. The van der Waals surface area contributed by atoms with E-state index in [2.05, 4.69) is 5.32 Å². The lowest BCUT2D eigenvalue weighted by molar-refractivity contribution is -0.147. The molecule has 0 spiro atoms. The Kier molecular flexibility index (Phi) is 6.23. The summed E-state index contributed by atoms with van der Waals surface area (Å²) in [4.78, 5) is 38.8. The summed E-state index contributed by atoms with van der Waals surface area (Å²) in [5.41, 5.74) is 7.18. The lowest BCUT2D eigenvalue weighted by Crippen LogP contribution is -2.52. The second kappa shape index (κ2) is 8.50. The van der Waals surface area contributed by atoms with Crippen LogP contribution in [0, 0.1) is 0 Å². The summed E-state index contributed by atoms with van der Waals surface area (Å²) in [6.07, 6.45) is -3.45. The van der Waals surface area contributed by atoms with E-state index < -0.39 is 24.7 Å². The third-order valence-corrected chi connectivity index (χ3v) is 5.08. The number of amides is 3. The smallest absolute Gasteiger partial charge is 0.330 e. The van der Waals surface area contributed by atoms with Crippen LogP contribution in [0.5, 0.6) is 0 Å². The minimum absolute atomic E-state index is 0.0827. The zero-order valence-corrected chi connectivity index (χ0v) is 15.8. The second-order valence-corrected chi connectivity index (χ2v) is 7.36. The Morgan fingerprint density at radius 3 is 2.66 bits per heavy atom. The van der Waals surface area contributed by atoms with Crippen LogP contribution >= 0.6 is 0 Å². The Bertz CT molecular complexity index is 812. The van der Waals surface area contributed by atoms with Gasteiger partial charge in [-0.15, -0.1) is 0 Å². The van der Waals surface area contributed by atoms with Crippen LogP contribution < -0.4 is 11.1 Å². The van der Waals surface area contributed by atoms with E-state index in [-0.39, 0.29) is 44.3 Å². The normalized spacial score (nSPS) is 19.7. The van der Waals surface area contributed by atoms with Crippen molar-refractivity contribution in [1.82, 2.24) is 15.1 Å². The van der Waals surface area contributed by atoms with Crippen molar-refractivity contribution in [2.45, 2.75) is 44.6 Å². The Morgan fingerprint density at radius 1 is 1.24 bits per heavy atom. The summed E-state index contributed by atoms with van der Waals surface area (Å²) >= 11 is 0. The number of nitrogens with two attached hydrogens (primary N) is 1. The van der Waals surface area contributed by atoms with Gasteiger partial charge < -0.3 is 10.6 Å². The van der Waals surface area contributed by atoms with Crippen LogP contribution in [0.15, 0.2) is 18.2 Å². The molecule has 1 aromatic rings. The number of hydrogen-bond acceptors (Lipinski definition) is 5. The van der Waals surface area contributed by atoms with Gasteiger partial charge in [0.05, 0.1) is 6.54 Å². The van der Waals surface area contributed by atoms with E-state index in [1.807, 2.05) is 0 Å². The molecule has 1 aromatic carbocycles. The topological polar surface area (TPSA) is 95.7 Å². The largest absolute Gasteiger partial charge is 0.401 e. The Labute approximate surface area is 166 Å². The summed E-state index contributed by atoms with van der Waals surface area (Å²) in [5, 5.41) is 2.24. The highest BCUT2D eigenvalue weighted by Crippen LogP contribution is 2.29. The minimum atomic E-state index is -4.32. The van der Waals surface area contributed by atoms with Gasteiger partial charge >= 0.3 is 6.18 Å². The van der Waals surface area contributed by atoms with Crippen LogP contribution in [0.4, 0.5) is 13.2 Å². The Balaban J connectivity index is 1.73. The van der Waals surface area contributed by atoms with Gasteiger partial charge in [0.25, 0.3) is 5.91 Å². The van der Waals surface area contributed by atoms with E-state index in [1.54, 1.807) is 18.2 Å². The van der Waals surface area contributed by atoms with E-state index in [0.29, 0.717) is 29.7 Å². The molecular weight excluding hydrogens is 389 g/mol. The zero-order chi connectivity index (χ0) is 21.2. The van der Waals surface area contributed by atoms with Crippen LogP contribution in [0.25, 0.3) is 0 Å². The van der Waals surface area contributed by atoms with Crippen LogP contribution in [0.3, 0.4) is 0 Å². The molecule has 29 heavy (non-hydrogen) atoms. The first kappa shape index (κ1) is 21.3. The van der Waals surface area contributed by atoms with Gasteiger partial charge in [0, 0.05) is 31.6 Å². The first-order valence-electron chi connectivity index (χ1n) is 9.43. The van der Waals surface area contributed by atoms with Crippen LogP contribution in [-0.2, 0) is 22.7 Å². The number of piperidine rings is 1. The fraction of sp³-hybridized carbons (Fsp3) is 0.526. The number of nitrogens with one attached hydrogen (secondary N) is 1. The molecule has 2 aliphatic heterocycles. The zero-order valence-electron chi connectivity index (χ0n) is 15.8. The van der Waals surface area contributed by atoms with Crippen molar-refractivity contribution in [1.29, 1.82) is 0 Å². The fourth-order valence-electron chi connectivity index (χ4n) is 3.77. The second-order valence-electron chi connectivity index (χ2n) is 7.36. The van der Waals surface area contributed by atoms with E-state index >= 15 is 0 Å². The summed E-state index contributed by atoms with van der Waals surface area (Å²) < 4.78 is 38.5. The highest BCUT2D eigenvalue weighted by molar-refractivity contribution is 6.05. The number of rotatable bonds is 7. The van der Waals surface area contributed by atoms with E-state index in [1.165, 1.54) is 9.80 Å². The quantitative estimate of drug-likeness (QED) is 0.656. The van der Waals surface area contributed by atoms with Crippen molar-refractivity contribution in [3.63, 3.8) is 0 Å². The van der Waals surface area contributed by atoms with Gasteiger partial charge in [-0.05, 0) is 36.6 Å². The molecule has 0 aliphatic carbocycles. The van der Waals surface area contributed by atoms with Crippen molar-refractivity contribution >= 4 is 17.7 Å². The lowest BCUT2D eigenvalue weighted by atomic mass is 10.0. The van der Waals surface area contributed by atoms with Gasteiger partial charge in [-0.25, -0.2) is 0 Å². The molecule has 1 atom stereocenters. The monoisotopic (exact) mass is 412 g/mol. The van der Waals surface area contributed by atoms with Crippen LogP contribution in [-0.4, -0.2) is 59.4 Å². The fourth-order valence-corrected chi connectivity index (χ4v) is 3.77. The number of imide groups is 1. The SMILES string of the molecule is NCCCN(Cc1ccc2c(c1)CN(C1CCC(=O)NC1=O)C2=O)CC(F)(F)F. The molecule has 0 saturated carbocycles. The van der Waals surface area contributed by atoms with Crippen LogP contribution in [0.1, 0.15) is 40.7 Å². The average Bonchev–Trinajstić information content (AvgIpc) is 2.94. The van der Waals surface area contributed by atoms with E-state index in [0.717, 1.165) is 0 Å². The molecule has 2 heterocycles. The number of nitrogens with zero attached hydrogens (tertiary/aromatic N) is 2. The first-order chi connectivity index (χ1) is 13.7. The van der Waals surface area contributed by atoms with E-state index in [4.69, 9.17) is 5.73 Å². The third kappa shape index (κ3) is 5.13. The van der Waals surface area contributed by atoms with Crippen molar-refractivity contribution in [3.05, 3.63) is 34.9 Å². The van der Waals surface area contributed by atoms with Gasteiger partial charge in [0.15, 0.2) is 0 Å². The summed E-state index contributed by atoms with van der Waals surface area (Å²) in [7, 11) is 0. The number of benzene rings is 1. The molecule has 1 fully saturated rings. The third-order valence-electron chi connectivity index (χ3n) is 5.08. The molecular formula is C19H23F3N4O3. The maximum atomic E-state index is 12.8. The minimum Gasteiger partial charge on any atom is -0.330 e. The Morgan fingerprint density at radius 2 is 2.00 bits per heavy atom. The summed E-state index contributed by atoms with van der Waals surface area (Å²) in [6, 6.07) is 4.22. The standard InChI is InChI=1S/C19H23F3N4O3/c20-19(21,22)11-25(7-1-6-23)9-12-2-3-14-13(8-12)10-26(18(14)29)15-4-5-16(27)24-17(15)28/h2-3,8,15H,1,4-7,9-11,23H2,(H,24,27,28). The van der Waals surface area contributed by atoms with Crippen molar-refractivity contribution in [2.75, 3.05) is 19.6 Å². The highest BCUT2D eigenvalue weighted by Gasteiger charge is 2.39.